The van der Waals surface area contributed by atoms with Crippen LogP contribution in [-0.2, 0) is 11.3 Å². The largest absolute Gasteiger partial charge is 0.486 e. The molecule has 0 radical (unpaired) electrons. The van der Waals surface area contributed by atoms with Crippen LogP contribution in [-0.4, -0.2) is 36.6 Å². The van der Waals surface area contributed by atoms with Crippen LogP contribution in [0.1, 0.15) is 36.6 Å². The summed E-state index contributed by atoms with van der Waals surface area (Å²) in [7, 11) is 1.86. The number of halogens is 1. The van der Waals surface area contributed by atoms with Gasteiger partial charge in [-0.15, -0.1) is 0 Å². The number of amides is 1. The molecule has 1 saturated heterocycles. The Kier molecular flexibility index (Phi) is 4.80. The standard InChI is InChI=1S/C21H24BrNO4/c1-21(2)18(16-10-11-25-19(16)21)23(3)20(24)17-9-8-15(27-17)12-26-14-6-4-13(22)5-7-14/h4-9,16,18-19H,10-12H2,1-3H3/t16-,18-,19+/m1/s1. The fourth-order valence-corrected chi connectivity index (χ4v) is 4.90. The van der Waals surface area contributed by atoms with Gasteiger partial charge < -0.3 is 18.8 Å². The summed E-state index contributed by atoms with van der Waals surface area (Å²) in [6, 6.07) is 11.3. The molecule has 1 aromatic carbocycles. The van der Waals surface area contributed by atoms with Crippen molar-refractivity contribution in [3.8, 4) is 5.75 Å². The van der Waals surface area contributed by atoms with E-state index < -0.39 is 0 Å². The van der Waals surface area contributed by atoms with Crippen LogP contribution in [0.3, 0.4) is 0 Å². The minimum absolute atomic E-state index is 0.0360. The quantitative estimate of drug-likeness (QED) is 0.695. The van der Waals surface area contributed by atoms with Crippen molar-refractivity contribution < 1.29 is 18.7 Å². The first kappa shape index (κ1) is 18.6. The van der Waals surface area contributed by atoms with Crippen molar-refractivity contribution in [1.29, 1.82) is 0 Å². The number of fused-ring (bicyclic) bond motifs is 1. The summed E-state index contributed by atoms with van der Waals surface area (Å²) in [5.74, 6) is 2.07. The summed E-state index contributed by atoms with van der Waals surface area (Å²) in [6.07, 6.45) is 1.27. The smallest absolute Gasteiger partial charge is 0.289 e. The molecule has 1 amide bonds. The predicted octanol–water partition coefficient (Wildman–Crippen LogP) is 4.51. The Morgan fingerprint density at radius 3 is 2.74 bits per heavy atom. The first-order valence-corrected chi connectivity index (χ1v) is 10.0. The Balaban J connectivity index is 1.40. The SMILES string of the molecule is CN(C(=O)c1ccc(COc2ccc(Br)cc2)o1)[C@@H]1[C@H]2CCO[C@@H]2C1(C)C. The van der Waals surface area contributed by atoms with E-state index >= 15 is 0 Å². The Hall–Kier alpha value is -1.79. The third-order valence-corrected chi connectivity index (χ3v) is 6.37. The van der Waals surface area contributed by atoms with Crippen molar-refractivity contribution in [2.75, 3.05) is 13.7 Å². The number of benzene rings is 1. The van der Waals surface area contributed by atoms with E-state index in [1.807, 2.05) is 36.2 Å². The van der Waals surface area contributed by atoms with Gasteiger partial charge >= 0.3 is 0 Å². The van der Waals surface area contributed by atoms with Crippen LogP contribution < -0.4 is 4.74 Å². The summed E-state index contributed by atoms with van der Waals surface area (Å²) < 4.78 is 18.3. The summed E-state index contributed by atoms with van der Waals surface area (Å²) in [6.45, 7) is 5.42. The second-order valence-corrected chi connectivity index (χ2v) is 8.85. The molecule has 1 aliphatic heterocycles. The first-order chi connectivity index (χ1) is 12.9. The zero-order chi connectivity index (χ0) is 19.2. The van der Waals surface area contributed by atoms with Crippen LogP contribution in [0, 0.1) is 11.3 Å². The highest BCUT2D eigenvalue weighted by atomic mass is 79.9. The molecule has 0 unspecified atom stereocenters. The highest BCUT2D eigenvalue weighted by Gasteiger charge is 2.61. The molecular formula is C21H24BrNO4. The minimum atomic E-state index is -0.0895. The van der Waals surface area contributed by atoms with Gasteiger partial charge in [0.05, 0.1) is 6.10 Å². The van der Waals surface area contributed by atoms with E-state index in [1.165, 1.54) is 0 Å². The van der Waals surface area contributed by atoms with Crippen LogP contribution in [0.25, 0.3) is 0 Å². The Morgan fingerprint density at radius 2 is 2.00 bits per heavy atom. The zero-order valence-corrected chi connectivity index (χ0v) is 17.4. The van der Waals surface area contributed by atoms with E-state index in [9.17, 15) is 4.79 Å². The van der Waals surface area contributed by atoms with Gasteiger partial charge in [-0.05, 0) is 42.8 Å². The molecule has 3 atom stereocenters. The van der Waals surface area contributed by atoms with Crippen molar-refractivity contribution in [2.24, 2.45) is 11.3 Å². The van der Waals surface area contributed by atoms with Crippen molar-refractivity contribution in [1.82, 2.24) is 4.90 Å². The van der Waals surface area contributed by atoms with Gasteiger partial charge in [0.25, 0.3) is 5.91 Å². The second kappa shape index (κ2) is 6.99. The van der Waals surface area contributed by atoms with E-state index in [-0.39, 0.29) is 30.1 Å². The lowest BCUT2D eigenvalue weighted by Gasteiger charge is -2.57. The molecule has 1 saturated carbocycles. The van der Waals surface area contributed by atoms with Gasteiger partial charge in [0.1, 0.15) is 18.1 Å². The number of carbonyl (C=O) groups is 1. The molecule has 5 nitrogen and oxygen atoms in total. The molecular weight excluding hydrogens is 410 g/mol. The van der Waals surface area contributed by atoms with Gasteiger partial charge in [-0.2, -0.15) is 0 Å². The van der Waals surface area contributed by atoms with Gasteiger partial charge in [-0.3, -0.25) is 4.79 Å². The van der Waals surface area contributed by atoms with E-state index in [0.29, 0.717) is 17.4 Å². The van der Waals surface area contributed by atoms with Gasteiger partial charge in [0, 0.05) is 35.5 Å². The lowest BCUT2D eigenvalue weighted by Crippen LogP contribution is -2.66. The van der Waals surface area contributed by atoms with Gasteiger partial charge in [0.2, 0.25) is 0 Å². The molecule has 2 heterocycles. The lowest BCUT2D eigenvalue weighted by molar-refractivity contribution is -0.140. The molecule has 2 fully saturated rings. The fraction of sp³-hybridized carbons (Fsp3) is 0.476. The highest BCUT2D eigenvalue weighted by molar-refractivity contribution is 9.10. The number of hydrogen-bond donors (Lipinski definition) is 0. The van der Waals surface area contributed by atoms with Crippen molar-refractivity contribution >= 4 is 21.8 Å². The average Bonchev–Trinajstić information content (AvgIpc) is 3.28. The van der Waals surface area contributed by atoms with Crippen molar-refractivity contribution in [3.63, 3.8) is 0 Å². The molecule has 0 bridgehead atoms. The number of nitrogens with zero attached hydrogens (tertiary/aromatic N) is 1. The van der Waals surface area contributed by atoms with Gasteiger partial charge in [0.15, 0.2) is 5.76 Å². The molecule has 0 N–H and O–H groups in total. The fourth-order valence-electron chi connectivity index (χ4n) is 4.64. The molecule has 6 heteroatoms. The number of hydrogen-bond acceptors (Lipinski definition) is 4. The molecule has 1 aromatic heterocycles. The van der Waals surface area contributed by atoms with E-state index in [2.05, 4.69) is 29.8 Å². The maximum atomic E-state index is 12.9. The van der Waals surface area contributed by atoms with Crippen molar-refractivity contribution in [2.45, 2.75) is 39.0 Å². The van der Waals surface area contributed by atoms with E-state index in [1.54, 1.807) is 12.1 Å². The van der Waals surface area contributed by atoms with Crippen molar-refractivity contribution in [3.05, 3.63) is 52.4 Å². The maximum absolute atomic E-state index is 12.9. The Bertz CT molecular complexity index is 829. The third kappa shape index (κ3) is 3.29. The van der Waals surface area contributed by atoms with E-state index in [0.717, 1.165) is 23.2 Å². The summed E-state index contributed by atoms with van der Waals surface area (Å²) in [4.78, 5) is 14.8. The topological polar surface area (TPSA) is 51.9 Å². The van der Waals surface area contributed by atoms with Crippen LogP contribution in [0.15, 0.2) is 45.3 Å². The Morgan fingerprint density at radius 1 is 1.26 bits per heavy atom. The van der Waals surface area contributed by atoms with E-state index in [4.69, 9.17) is 13.9 Å². The summed E-state index contributed by atoms with van der Waals surface area (Å²) in [5, 5.41) is 0. The van der Waals surface area contributed by atoms with Crippen LogP contribution in [0.5, 0.6) is 5.75 Å². The number of rotatable bonds is 5. The predicted molar refractivity (Wildman–Crippen MR) is 105 cm³/mol. The number of ether oxygens (including phenoxy) is 2. The highest BCUT2D eigenvalue weighted by Crippen LogP contribution is 2.54. The molecule has 2 aromatic rings. The molecule has 0 spiro atoms. The molecule has 1 aliphatic carbocycles. The number of carbonyl (C=O) groups excluding carboxylic acids is 1. The minimum Gasteiger partial charge on any atom is -0.486 e. The normalized spacial score (nSPS) is 25.6. The summed E-state index contributed by atoms with van der Waals surface area (Å²) in [5.41, 5.74) is -0.0360. The molecule has 2 aliphatic rings. The third-order valence-electron chi connectivity index (χ3n) is 5.84. The zero-order valence-electron chi connectivity index (χ0n) is 15.8. The summed E-state index contributed by atoms with van der Waals surface area (Å²) >= 11 is 3.40. The monoisotopic (exact) mass is 433 g/mol. The van der Waals surface area contributed by atoms with Crippen LogP contribution >= 0.6 is 15.9 Å². The van der Waals surface area contributed by atoms with Crippen LogP contribution in [0.4, 0.5) is 0 Å². The molecule has 4 rings (SSSR count). The van der Waals surface area contributed by atoms with Crippen LogP contribution in [0.2, 0.25) is 0 Å². The average molecular weight is 434 g/mol. The molecule has 144 valence electrons. The lowest BCUT2D eigenvalue weighted by atomic mass is 9.57. The first-order valence-electron chi connectivity index (χ1n) is 9.24. The number of furan rings is 1. The van der Waals surface area contributed by atoms with Gasteiger partial charge in [-0.25, -0.2) is 0 Å². The molecule has 27 heavy (non-hydrogen) atoms. The van der Waals surface area contributed by atoms with Gasteiger partial charge in [-0.1, -0.05) is 29.8 Å². The maximum Gasteiger partial charge on any atom is 0.289 e. The second-order valence-electron chi connectivity index (χ2n) is 7.93. The Labute approximate surface area is 167 Å².